The zero-order valence-electron chi connectivity index (χ0n) is 20.7. The van der Waals surface area contributed by atoms with Gasteiger partial charge in [-0.25, -0.2) is 4.79 Å². The summed E-state index contributed by atoms with van der Waals surface area (Å²) in [4.78, 5) is 26.8. The van der Waals surface area contributed by atoms with Crippen LogP contribution in [0.3, 0.4) is 0 Å². The number of fused-ring (bicyclic) bond motifs is 2. The summed E-state index contributed by atoms with van der Waals surface area (Å²) in [6.07, 6.45) is 0. The Kier molecular flexibility index (Phi) is 7.10. The van der Waals surface area contributed by atoms with Crippen molar-refractivity contribution in [3.63, 3.8) is 0 Å². The van der Waals surface area contributed by atoms with E-state index in [4.69, 9.17) is 9.47 Å². The molecule has 0 bridgehead atoms. The van der Waals surface area contributed by atoms with E-state index in [9.17, 15) is 9.59 Å². The van der Waals surface area contributed by atoms with Gasteiger partial charge in [-0.15, -0.1) is 0 Å². The normalized spacial score (nSPS) is 16.4. The summed E-state index contributed by atoms with van der Waals surface area (Å²) in [6, 6.07) is 19.5. The van der Waals surface area contributed by atoms with Crippen LogP contribution in [0.5, 0.6) is 5.75 Å². The van der Waals surface area contributed by atoms with Crippen molar-refractivity contribution in [3.8, 4) is 5.75 Å². The van der Waals surface area contributed by atoms with Gasteiger partial charge in [0.15, 0.2) is 5.78 Å². The summed E-state index contributed by atoms with van der Waals surface area (Å²) >= 11 is 7.34. The van der Waals surface area contributed by atoms with Gasteiger partial charge in [0.2, 0.25) is 0 Å². The molecule has 1 atom stereocenters. The molecule has 3 aromatic carbocycles. The van der Waals surface area contributed by atoms with Crippen LogP contribution in [-0.2, 0) is 16.1 Å². The number of carbonyl (C=O) groups excluding carboxylic acids is 2. The monoisotopic (exact) mass is 621 g/mol. The number of carbonyl (C=O) groups is 2. The number of benzene rings is 3. The van der Waals surface area contributed by atoms with Crippen LogP contribution < -0.4 is 10.1 Å². The van der Waals surface area contributed by atoms with Crippen LogP contribution in [0.4, 0.5) is 0 Å². The zero-order chi connectivity index (χ0) is 26.3. The highest BCUT2D eigenvalue weighted by atomic mass is 79.9. The van der Waals surface area contributed by atoms with Crippen molar-refractivity contribution in [3.05, 3.63) is 114 Å². The Morgan fingerprint density at radius 2 is 1.68 bits per heavy atom. The van der Waals surface area contributed by atoms with Crippen molar-refractivity contribution in [2.75, 3.05) is 6.61 Å². The van der Waals surface area contributed by atoms with Crippen molar-refractivity contribution in [2.45, 2.75) is 33.3 Å². The highest BCUT2D eigenvalue weighted by molar-refractivity contribution is 9.11. The fraction of sp³-hybridized carbons (Fsp3) is 0.200. The quantitative estimate of drug-likeness (QED) is 0.294. The number of Topliss-reactive ketones (excluding diaryl/α,β-unsaturated/α-hetero) is 1. The van der Waals surface area contributed by atoms with Gasteiger partial charge in [0.1, 0.15) is 12.4 Å². The molecule has 0 saturated heterocycles. The number of ketones is 1. The highest BCUT2D eigenvalue weighted by Gasteiger charge is 2.43. The van der Waals surface area contributed by atoms with E-state index in [0.29, 0.717) is 43.7 Å². The molecule has 0 saturated carbocycles. The van der Waals surface area contributed by atoms with Gasteiger partial charge in [0, 0.05) is 28.3 Å². The van der Waals surface area contributed by atoms with Gasteiger partial charge in [0.25, 0.3) is 0 Å². The van der Waals surface area contributed by atoms with Gasteiger partial charge in [-0.05, 0) is 75.9 Å². The fourth-order valence-electron chi connectivity index (χ4n) is 4.98. The minimum Gasteiger partial charge on any atom is -0.487 e. The van der Waals surface area contributed by atoms with Gasteiger partial charge in [-0.3, -0.25) is 4.79 Å². The van der Waals surface area contributed by atoms with E-state index in [1.165, 1.54) is 5.56 Å². The van der Waals surface area contributed by atoms with Crippen LogP contribution in [0.25, 0.3) is 5.70 Å². The Labute approximate surface area is 232 Å². The first kappa shape index (κ1) is 25.5. The summed E-state index contributed by atoms with van der Waals surface area (Å²) in [7, 11) is 0. The molecule has 5 rings (SSSR count). The molecule has 0 fully saturated rings. The number of nitrogens with one attached hydrogen (secondary N) is 1. The lowest BCUT2D eigenvalue weighted by atomic mass is 9.80. The first-order valence-corrected chi connectivity index (χ1v) is 13.6. The molecule has 1 heterocycles. The SMILES string of the molecule is CCOC(=O)C1=C(C)NC2=C(C(=O)c3ccccc32)[C@H]1c1cc(Br)c(OCc2cccc(C)c2)c(Br)c1. The lowest BCUT2D eigenvalue weighted by Crippen LogP contribution is -2.29. The lowest BCUT2D eigenvalue weighted by molar-refractivity contribution is -0.138. The topological polar surface area (TPSA) is 64.6 Å². The molecule has 3 aromatic rings. The third kappa shape index (κ3) is 4.66. The fourth-order valence-corrected chi connectivity index (χ4v) is 6.43. The van der Waals surface area contributed by atoms with E-state index in [1.54, 1.807) is 6.92 Å². The Morgan fingerprint density at radius 3 is 2.35 bits per heavy atom. The molecule has 7 heteroatoms. The Balaban J connectivity index is 1.58. The molecular formula is C30H25Br2NO4. The molecule has 1 aliphatic carbocycles. The van der Waals surface area contributed by atoms with Crippen LogP contribution in [-0.4, -0.2) is 18.4 Å². The van der Waals surface area contributed by atoms with E-state index in [0.717, 1.165) is 22.4 Å². The molecule has 0 amide bonds. The van der Waals surface area contributed by atoms with Gasteiger partial charge >= 0.3 is 5.97 Å². The van der Waals surface area contributed by atoms with E-state index >= 15 is 0 Å². The number of allylic oxidation sites excluding steroid dienone is 2. The minimum atomic E-state index is -0.603. The van der Waals surface area contributed by atoms with E-state index in [1.807, 2.05) is 68.4 Å². The lowest BCUT2D eigenvalue weighted by Gasteiger charge is -2.29. The number of rotatable bonds is 6. The highest BCUT2D eigenvalue weighted by Crippen LogP contribution is 2.48. The second-order valence-electron chi connectivity index (χ2n) is 9.07. The summed E-state index contributed by atoms with van der Waals surface area (Å²) in [5.74, 6) is -0.495. The van der Waals surface area contributed by atoms with E-state index in [-0.39, 0.29) is 12.4 Å². The number of esters is 1. The Morgan fingerprint density at radius 1 is 0.973 bits per heavy atom. The molecular weight excluding hydrogens is 598 g/mol. The van der Waals surface area contributed by atoms with Crippen molar-refractivity contribution in [1.29, 1.82) is 0 Å². The molecule has 0 unspecified atom stereocenters. The van der Waals surface area contributed by atoms with E-state index < -0.39 is 11.9 Å². The number of aryl methyl sites for hydroxylation is 1. The van der Waals surface area contributed by atoms with Crippen molar-refractivity contribution < 1.29 is 19.1 Å². The van der Waals surface area contributed by atoms with Crippen LogP contribution >= 0.6 is 31.9 Å². The zero-order valence-corrected chi connectivity index (χ0v) is 23.8. The van der Waals surface area contributed by atoms with Crippen LogP contribution in [0.15, 0.2) is 86.5 Å². The third-order valence-corrected chi connectivity index (χ3v) is 7.74. The summed E-state index contributed by atoms with van der Waals surface area (Å²) in [5.41, 5.74) is 6.84. The van der Waals surface area contributed by atoms with Crippen LogP contribution in [0, 0.1) is 6.92 Å². The second-order valence-corrected chi connectivity index (χ2v) is 10.8. The predicted molar refractivity (Wildman–Crippen MR) is 150 cm³/mol. The molecule has 2 aliphatic rings. The number of dihydropyridines is 1. The van der Waals surface area contributed by atoms with Gasteiger partial charge in [-0.1, -0.05) is 54.1 Å². The first-order valence-electron chi connectivity index (χ1n) is 12.0. The van der Waals surface area contributed by atoms with Crippen molar-refractivity contribution >= 4 is 49.3 Å². The number of ether oxygens (including phenoxy) is 2. The maximum absolute atomic E-state index is 13.7. The molecule has 1 N–H and O–H groups in total. The largest absolute Gasteiger partial charge is 0.487 e. The van der Waals surface area contributed by atoms with Crippen molar-refractivity contribution in [1.82, 2.24) is 5.32 Å². The standard InChI is InChI=1S/C30H25Br2NO4/c1-4-36-30(35)24-17(3)33-27-20-10-5-6-11-21(20)28(34)26(27)25(24)19-13-22(31)29(23(32)14-19)37-15-18-9-7-8-16(2)12-18/h5-14,25,33H,4,15H2,1-3H3/t25-/m0/s1. The van der Waals surface area contributed by atoms with Gasteiger partial charge < -0.3 is 14.8 Å². The number of hydrogen-bond acceptors (Lipinski definition) is 5. The average molecular weight is 623 g/mol. The van der Waals surface area contributed by atoms with Crippen molar-refractivity contribution in [2.24, 2.45) is 0 Å². The number of hydrogen-bond donors (Lipinski definition) is 1. The van der Waals surface area contributed by atoms with Gasteiger partial charge in [0.05, 0.1) is 26.8 Å². The average Bonchev–Trinajstić information content (AvgIpc) is 3.14. The maximum Gasteiger partial charge on any atom is 0.336 e. The van der Waals surface area contributed by atoms with Crippen LogP contribution in [0.1, 0.15) is 52.4 Å². The molecule has 0 spiro atoms. The molecule has 0 radical (unpaired) electrons. The third-order valence-electron chi connectivity index (χ3n) is 6.56. The van der Waals surface area contributed by atoms with Crippen LogP contribution in [0.2, 0.25) is 0 Å². The Bertz CT molecular complexity index is 1480. The summed E-state index contributed by atoms with van der Waals surface area (Å²) < 4.78 is 13.0. The molecule has 1 aliphatic heterocycles. The summed E-state index contributed by atoms with van der Waals surface area (Å²) in [6.45, 7) is 6.31. The van der Waals surface area contributed by atoms with Gasteiger partial charge in [-0.2, -0.15) is 0 Å². The maximum atomic E-state index is 13.7. The minimum absolute atomic E-state index is 0.0931. The van der Waals surface area contributed by atoms with E-state index in [2.05, 4.69) is 43.2 Å². The second kappa shape index (κ2) is 10.3. The Hall–Kier alpha value is -3.16. The molecule has 188 valence electrons. The smallest absolute Gasteiger partial charge is 0.336 e. The number of halogens is 2. The molecule has 0 aromatic heterocycles. The predicted octanol–water partition coefficient (Wildman–Crippen LogP) is 7.23. The summed E-state index contributed by atoms with van der Waals surface area (Å²) in [5, 5.41) is 3.33. The molecule has 37 heavy (non-hydrogen) atoms. The molecule has 5 nitrogen and oxygen atoms in total. The first-order chi connectivity index (χ1) is 17.8.